The standard InChI is InChI=1S/C12H19N5.ClH/c1-4-16-9-11(8-14-16)7-13-12-6-10(3)15-17(12)5-2;/h6,8-9,13H,4-5,7H2,1-3H3;1H. The SMILES string of the molecule is CCn1cc(CNc2cc(C)nn2CC)cn1.Cl. The Morgan fingerprint density at radius 1 is 1.28 bits per heavy atom. The second-order valence-electron chi connectivity index (χ2n) is 4.04. The van der Waals surface area contributed by atoms with Crippen LogP contribution in [-0.2, 0) is 19.6 Å². The molecule has 2 heterocycles. The van der Waals surface area contributed by atoms with E-state index in [2.05, 4.69) is 41.6 Å². The molecule has 100 valence electrons. The maximum Gasteiger partial charge on any atom is 0.124 e. The smallest absolute Gasteiger partial charge is 0.124 e. The normalized spacial score (nSPS) is 10.2. The number of rotatable bonds is 5. The Labute approximate surface area is 114 Å². The summed E-state index contributed by atoms with van der Waals surface area (Å²) >= 11 is 0. The van der Waals surface area contributed by atoms with E-state index in [9.17, 15) is 0 Å². The van der Waals surface area contributed by atoms with E-state index in [0.717, 1.165) is 31.1 Å². The highest BCUT2D eigenvalue weighted by molar-refractivity contribution is 5.85. The molecule has 0 aliphatic carbocycles. The third kappa shape index (κ3) is 3.26. The first-order chi connectivity index (χ1) is 8.22. The maximum atomic E-state index is 4.40. The van der Waals surface area contributed by atoms with Crippen LogP contribution in [0.2, 0.25) is 0 Å². The molecule has 0 fully saturated rings. The summed E-state index contributed by atoms with van der Waals surface area (Å²) in [6.45, 7) is 8.75. The van der Waals surface area contributed by atoms with Gasteiger partial charge in [-0.05, 0) is 20.8 Å². The van der Waals surface area contributed by atoms with Crippen LogP contribution in [0.1, 0.15) is 25.1 Å². The molecule has 0 atom stereocenters. The second-order valence-corrected chi connectivity index (χ2v) is 4.04. The molecule has 18 heavy (non-hydrogen) atoms. The van der Waals surface area contributed by atoms with Gasteiger partial charge in [0.25, 0.3) is 0 Å². The molecule has 0 saturated heterocycles. The Morgan fingerprint density at radius 2 is 2.06 bits per heavy atom. The van der Waals surface area contributed by atoms with Gasteiger partial charge in [0.15, 0.2) is 0 Å². The number of anilines is 1. The van der Waals surface area contributed by atoms with E-state index in [1.165, 1.54) is 5.56 Å². The summed E-state index contributed by atoms with van der Waals surface area (Å²) in [7, 11) is 0. The Balaban J connectivity index is 0.00000162. The number of hydrogen-bond acceptors (Lipinski definition) is 3. The molecular formula is C12H20ClN5. The van der Waals surface area contributed by atoms with Crippen molar-refractivity contribution in [2.75, 3.05) is 5.32 Å². The van der Waals surface area contributed by atoms with Crippen molar-refractivity contribution in [1.82, 2.24) is 19.6 Å². The molecule has 0 aromatic carbocycles. The van der Waals surface area contributed by atoms with Crippen molar-refractivity contribution in [2.24, 2.45) is 0 Å². The van der Waals surface area contributed by atoms with E-state index in [1.54, 1.807) is 0 Å². The molecule has 0 saturated carbocycles. The molecular weight excluding hydrogens is 250 g/mol. The van der Waals surface area contributed by atoms with E-state index in [0.29, 0.717) is 0 Å². The van der Waals surface area contributed by atoms with Crippen LogP contribution in [-0.4, -0.2) is 19.6 Å². The molecule has 0 amide bonds. The van der Waals surface area contributed by atoms with Gasteiger partial charge in [-0.15, -0.1) is 12.4 Å². The quantitative estimate of drug-likeness (QED) is 0.907. The van der Waals surface area contributed by atoms with Gasteiger partial charge in [-0.3, -0.25) is 4.68 Å². The van der Waals surface area contributed by atoms with E-state index < -0.39 is 0 Å². The molecule has 2 aromatic rings. The first kappa shape index (κ1) is 14.6. The van der Waals surface area contributed by atoms with Gasteiger partial charge in [0.1, 0.15) is 5.82 Å². The zero-order chi connectivity index (χ0) is 12.3. The molecule has 6 heteroatoms. The minimum Gasteiger partial charge on any atom is -0.366 e. The first-order valence-corrected chi connectivity index (χ1v) is 6.02. The van der Waals surface area contributed by atoms with Crippen LogP contribution in [0.25, 0.3) is 0 Å². The lowest BCUT2D eigenvalue weighted by molar-refractivity contribution is 0.656. The third-order valence-electron chi connectivity index (χ3n) is 2.69. The molecule has 2 rings (SSSR count). The van der Waals surface area contributed by atoms with Crippen LogP contribution >= 0.6 is 12.4 Å². The summed E-state index contributed by atoms with van der Waals surface area (Å²) in [5, 5.41) is 12.0. The topological polar surface area (TPSA) is 47.7 Å². The number of nitrogens with one attached hydrogen (secondary N) is 1. The number of hydrogen-bond donors (Lipinski definition) is 1. The lowest BCUT2D eigenvalue weighted by Gasteiger charge is -2.06. The highest BCUT2D eigenvalue weighted by Crippen LogP contribution is 2.11. The van der Waals surface area contributed by atoms with Gasteiger partial charge in [-0.1, -0.05) is 0 Å². The number of halogens is 1. The predicted molar refractivity (Wildman–Crippen MR) is 75.1 cm³/mol. The number of nitrogens with zero attached hydrogens (tertiary/aromatic N) is 4. The lowest BCUT2D eigenvalue weighted by Crippen LogP contribution is -2.06. The summed E-state index contributed by atoms with van der Waals surface area (Å²) in [5.41, 5.74) is 2.23. The van der Waals surface area contributed by atoms with Crippen molar-refractivity contribution >= 4 is 18.2 Å². The zero-order valence-electron chi connectivity index (χ0n) is 11.1. The molecule has 0 radical (unpaired) electrons. The Bertz CT molecular complexity index is 488. The predicted octanol–water partition coefficient (Wildman–Crippen LogP) is 2.46. The van der Waals surface area contributed by atoms with Gasteiger partial charge < -0.3 is 5.32 Å². The minimum atomic E-state index is 0. The van der Waals surface area contributed by atoms with Gasteiger partial charge in [0.2, 0.25) is 0 Å². The van der Waals surface area contributed by atoms with Gasteiger partial charge in [0.05, 0.1) is 11.9 Å². The van der Waals surface area contributed by atoms with Crippen molar-refractivity contribution in [3.05, 3.63) is 29.7 Å². The molecule has 0 unspecified atom stereocenters. The summed E-state index contributed by atoms with van der Waals surface area (Å²) in [6, 6.07) is 2.06. The summed E-state index contributed by atoms with van der Waals surface area (Å²) < 4.78 is 3.90. The largest absolute Gasteiger partial charge is 0.366 e. The molecule has 0 spiro atoms. The first-order valence-electron chi connectivity index (χ1n) is 6.02. The fourth-order valence-corrected chi connectivity index (χ4v) is 1.79. The van der Waals surface area contributed by atoms with E-state index in [-0.39, 0.29) is 12.4 Å². The van der Waals surface area contributed by atoms with Crippen molar-refractivity contribution in [3.63, 3.8) is 0 Å². The van der Waals surface area contributed by atoms with Crippen molar-refractivity contribution < 1.29 is 0 Å². The molecule has 0 bridgehead atoms. The summed E-state index contributed by atoms with van der Waals surface area (Å²) in [5.74, 6) is 1.06. The Hall–Kier alpha value is -1.49. The molecule has 0 aliphatic heterocycles. The number of aromatic nitrogens is 4. The molecule has 5 nitrogen and oxygen atoms in total. The van der Waals surface area contributed by atoms with Crippen LogP contribution in [0, 0.1) is 6.92 Å². The summed E-state index contributed by atoms with van der Waals surface area (Å²) in [4.78, 5) is 0. The molecule has 2 aromatic heterocycles. The van der Waals surface area contributed by atoms with Gasteiger partial charge in [0, 0.05) is 37.5 Å². The second kappa shape index (κ2) is 6.44. The van der Waals surface area contributed by atoms with Crippen LogP contribution in [0.4, 0.5) is 5.82 Å². The highest BCUT2D eigenvalue weighted by Gasteiger charge is 2.04. The fraction of sp³-hybridized carbons (Fsp3) is 0.500. The number of aryl methyl sites for hydroxylation is 3. The summed E-state index contributed by atoms with van der Waals surface area (Å²) in [6.07, 6.45) is 3.96. The van der Waals surface area contributed by atoms with Crippen molar-refractivity contribution in [3.8, 4) is 0 Å². The van der Waals surface area contributed by atoms with Crippen LogP contribution in [0.5, 0.6) is 0 Å². The molecule has 1 N–H and O–H groups in total. The fourth-order valence-electron chi connectivity index (χ4n) is 1.79. The van der Waals surface area contributed by atoms with Gasteiger partial charge in [-0.25, -0.2) is 4.68 Å². The van der Waals surface area contributed by atoms with Gasteiger partial charge in [-0.2, -0.15) is 10.2 Å². The zero-order valence-corrected chi connectivity index (χ0v) is 11.9. The van der Waals surface area contributed by atoms with Gasteiger partial charge >= 0.3 is 0 Å². The highest BCUT2D eigenvalue weighted by atomic mass is 35.5. The Morgan fingerprint density at radius 3 is 2.67 bits per heavy atom. The molecule has 0 aliphatic rings. The van der Waals surface area contributed by atoms with Crippen molar-refractivity contribution in [1.29, 1.82) is 0 Å². The van der Waals surface area contributed by atoms with E-state index in [4.69, 9.17) is 0 Å². The lowest BCUT2D eigenvalue weighted by atomic mass is 10.3. The third-order valence-corrected chi connectivity index (χ3v) is 2.69. The maximum absolute atomic E-state index is 4.40. The van der Waals surface area contributed by atoms with Crippen LogP contribution < -0.4 is 5.32 Å². The van der Waals surface area contributed by atoms with Crippen molar-refractivity contribution in [2.45, 2.75) is 40.4 Å². The average Bonchev–Trinajstić information content (AvgIpc) is 2.92. The van der Waals surface area contributed by atoms with E-state index in [1.807, 2.05) is 22.5 Å². The Kier molecular flexibility index (Phi) is 5.22. The minimum absolute atomic E-state index is 0. The van der Waals surface area contributed by atoms with Crippen LogP contribution in [0.15, 0.2) is 18.5 Å². The van der Waals surface area contributed by atoms with Crippen LogP contribution in [0.3, 0.4) is 0 Å². The average molecular weight is 270 g/mol. The monoisotopic (exact) mass is 269 g/mol. The van der Waals surface area contributed by atoms with E-state index >= 15 is 0 Å².